The Balaban J connectivity index is 1.96. The monoisotopic (exact) mass is 442 g/mol. The van der Waals surface area contributed by atoms with Crippen molar-refractivity contribution in [2.45, 2.75) is 6.92 Å². The van der Waals surface area contributed by atoms with Gasteiger partial charge in [0.25, 0.3) is 0 Å². The standard InChI is InChI=1S/C16H12Br2O5/c1-9-6-11(17)7-13(18)15(9)22-8-14(19)23-12-4-2-10(3-5-12)16(20)21/h2-7H,8H2,1H3,(H,20,21). The van der Waals surface area contributed by atoms with E-state index in [1.54, 1.807) is 0 Å². The van der Waals surface area contributed by atoms with Crippen LogP contribution in [0.4, 0.5) is 0 Å². The number of aromatic carboxylic acids is 1. The van der Waals surface area contributed by atoms with Crippen LogP contribution in [0.5, 0.6) is 11.5 Å². The van der Waals surface area contributed by atoms with Crippen LogP contribution >= 0.6 is 31.9 Å². The van der Waals surface area contributed by atoms with Crippen LogP contribution in [0.2, 0.25) is 0 Å². The minimum absolute atomic E-state index is 0.121. The zero-order valence-corrected chi connectivity index (χ0v) is 15.2. The van der Waals surface area contributed by atoms with E-state index in [-0.39, 0.29) is 17.9 Å². The maximum Gasteiger partial charge on any atom is 0.349 e. The molecule has 0 unspecified atom stereocenters. The summed E-state index contributed by atoms with van der Waals surface area (Å²) < 4.78 is 12.2. The number of benzene rings is 2. The Kier molecular flexibility index (Phi) is 5.79. The molecule has 120 valence electrons. The SMILES string of the molecule is Cc1cc(Br)cc(Br)c1OCC(=O)Oc1ccc(C(=O)O)cc1. The Morgan fingerprint density at radius 3 is 2.35 bits per heavy atom. The minimum atomic E-state index is -1.04. The van der Waals surface area contributed by atoms with Gasteiger partial charge in [-0.1, -0.05) is 15.9 Å². The molecule has 0 saturated carbocycles. The smallest absolute Gasteiger partial charge is 0.349 e. The van der Waals surface area contributed by atoms with Crippen molar-refractivity contribution in [3.05, 3.63) is 56.5 Å². The molecule has 2 rings (SSSR count). The number of rotatable bonds is 5. The molecule has 2 aromatic carbocycles. The highest BCUT2D eigenvalue weighted by molar-refractivity contribution is 9.11. The molecule has 0 heterocycles. The highest BCUT2D eigenvalue weighted by Gasteiger charge is 2.11. The van der Waals surface area contributed by atoms with Gasteiger partial charge in [0.15, 0.2) is 6.61 Å². The second-order valence-electron chi connectivity index (χ2n) is 4.63. The fraction of sp³-hybridized carbons (Fsp3) is 0.125. The van der Waals surface area contributed by atoms with Crippen LogP contribution in [0, 0.1) is 6.92 Å². The zero-order valence-electron chi connectivity index (χ0n) is 12.0. The summed E-state index contributed by atoms with van der Waals surface area (Å²) in [5.74, 6) is -0.800. The molecule has 0 spiro atoms. The van der Waals surface area contributed by atoms with Gasteiger partial charge in [0, 0.05) is 4.47 Å². The highest BCUT2D eigenvalue weighted by atomic mass is 79.9. The molecule has 2 aromatic rings. The second kappa shape index (κ2) is 7.61. The Bertz CT molecular complexity index is 718. The number of esters is 1. The zero-order chi connectivity index (χ0) is 17.0. The number of carbonyl (C=O) groups is 2. The van der Waals surface area contributed by atoms with Crippen molar-refractivity contribution in [2.24, 2.45) is 0 Å². The number of hydrogen-bond donors (Lipinski definition) is 1. The molecule has 0 radical (unpaired) electrons. The third-order valence-electron chi connectivity index (χ3n) is 2.86. The molecule has 0 fully saturated rings. The van der Waals surface area contributed by atoms with Crippen molar-refractivity contribution in [1.29, 1.82) is 0 Å². The molecular formula is C16H12Br2O5. The Morgan fingerprint density at radius 2 is 1.78 bits per heavy atom. The Hall–Kier alpha value is -1.86. The van der Waals surface area contributed by atoms with Crippen molar-refractivity contribution in [3.8, 4) is 11.5 Å². The van der Waals surface area contributed by atoms with Crippen LogP contribution in [-0.2, 0) is 4.79 Å². The Labute approximate surface area is 149 Å². The predicted octanol–water partition coefficient (Wildman–Crippen LogP) is 4.20. The fourth-order valence-electron chi connectivity index (χ4n) is 1.83. The van der Waals surface area contributed by atoms with Gasteiger partial charge >= 0.3 is 11.9 Å². The van der Waals surface area contributed by atoms with Crippen LogP contribution in [0.25, 0.3) is 0 Å². The lowest BCUT2D eigenvalue weighted by Gasteiger charge is -2.11. The van der Waals surface area contributed by atoms with E-state index in [1.165, 1.54) is 24.3 Å². The summed E-state index contributed by atoms with van der Waals surface area (Å²) in [6, 6.07) is 9.25. The van der Waals surface area contributed by atoms with Crippen LogP contribution in [0.1, 0.15) is 15.9 Å². The van der Waals surface area contributed by atoms with E-state index in [0.29, 0.717) is 5.75 Å². The fourth-order valence-corrected chi connectivity index (χ4v) is 3.38. The van der Waals surface area contributed by atoms with Crippen LogP contribution in [0.15, 0.2) is 45.3 Å². The van der Waals surface area contributed by atoms with Gasteiger partial charge in [-0.2, -0.15) is 0 Å². The van der Waals surface area contributed by atoms with Gasteiger partial charge in [0.2, 0.25) is 0 Å². The topological polar surface area (TPSA) is 72.8 Å². The quantitative estimate of drug-likeness (QED) is 0.553. The molecule has 0 aliphatic heterocycles. The first-order valence-electron chi connectivity index (χ1n) is 6.49. The summed E-state index contributed by atoms with van der Waals surface area (Å²) in [5, 5.41) is 8.80. The van der Waals surface area contributed by atoms with Crippen molar-refractivity contribution in [2.75, 3.05) is 6.61 Å². The van der Waals surface area contributed by atoms with Crippen molar-refractivity contribution >= 4 is 43.8 Å². The summed E-state index contributed by atoms with van der Waals surface area (Å²) >= 11 is 6.74. The third-order valence-corrected chi connectivity index (χ3v) is 3.91. The molecule has 23 heavy (non-hydrogen) atoms. The van der Waals surface area contributed by atoms with Gasteiger partial charge in [-0.15, -0.1) is 0 Å². The highest BCUT2D eigenvalue weighted by Crippen LogP contribution is 2.32. The molecule has 1 N–H and O–H groups in total. The number of halogens is 2. The molecule has 0 aliphatic rings. The largest absolute Gasteiger partial charge is 0.480 e. The minimum Gasteiger partial charge on any atom is -0.480 e. The molecule has 0 aliphatic carbocycles. The maximum absolute atomic E-state index is 11.8. The summed E-state index contributed by atoms with van der Waals surface area (Å²) in [5.41, 5.74) is 0.986. The molecule has 0 aromatic heterocycles. The summed E-state index contributed by atoms with van der Waals surface area (Å²) in [7, 11) is 0. The van der Waals surface area contributed by atoms with E-state index in [2.05, 4.69) is 31.9 Å². The number of carboxylic acids is 1. The van der Waals surface area contributed by atoms with E-state index in [9.17, 15) is 9.59 Å². The number of ether oxygens (including phenoxy) is 2. The lowest BCUT2D eigenvalue weighted by Crippen LogP contribution is -2.18. The molecule has 7 heteroatoms. The Morgan fingerprint density at radius 1 is 1.13 bits per heavy atom. The van der Waals surface area contributed by atoms with Crippen LogP contribution < -0.4 is 9.47 Å². The van der Waals surface area contributed by atoms with Gasteiger partial charge in [0.05, 0.1) is 10.0 Å². The van der Waals surface area contributed by atoms with E-state index < -0.39 is 11.9 Å². The number of carboxylic acid groups (broad SMARTS) is 1. The van der Waals surface area contributed by atoms with E-state index in [1.807, 2.05) is 19.1 Å². The molecule has 0 saturated heterocycles. The number of carbonyl (C=O) groups excluding carboxylic acids is 1. The summed E-state index contributed by atoms with van der Waals surface area (Å²) in [6.07, 6.45) is 0. The molecule has 0 amide bonds. The van der Waals surface area contributed by atoms with Crippen LogP contribution in [0.3, 0.4) is 0 Å². The number of hydrogen-bond acceptors (Lipinski definition) is 4. The normalized spacial score (nSPS) is 10.2. The second-order valence-corrected chi connectivity index (χ2v) is 6.40. The van der Waals surface area contributed by atoms with Gasteiger partial charge < -0.3 is 14.6 Å². The van der Waals surface area contributed by atoms with E-state index >= 15 is 0 Å². The van der Waals surface area contributed by atoms with Gasteiger partial charge in [-0.25, -0.2) is 9.59 Å². The van der Waals surface area contributed by atoms with Crippen molar-refractivity contribution in [1.82, 2.24) is 0 Å². The summed E-state index contributed by atoms with van der Waals surface area (Å²) in [4.78, 5) is 22.6. The molecule has 5 nitrogen and oxygen atoms in total. The van der Waals surface area contributed by atoms with Crippen molar-refractivity contribution in [3.63, 3.8) is 0 Å². The van der Waals surface area contributed by atoms with Gasteiger partial charge in [-0.3, -0.25) is 0 Å². The molecule has 0 atom stereocenters. The first kappa shape index (κ1) is 17.5. The van der Waals surface area contributed by atoms with Gasteiger partial charge in [-0.05, 0) is 64.8 Å². The average Bonchev–Trinajstić information content (AvgIpc) is 2.46. The van der Waals surface area contributed by atoms with Crippen LogP contribution in [-0.4, -0.2) is 23.7 Å². The number of aryl methyl sites for hydroxylation is 1. The van der Waals surface area contributed by atoms with Crippen molar-refractivity contribution < 1.29 is 24.2 Å². The first-order valence-corrected chi connectivity index (χ1v) is 8.08. The van der Waals surface area contributed by atoms with E-state index in [0.717, 1.165) is 14.5 Å². The molecular weight excluding hydrogens is 432 g/mol. The lowest BCUT2D eigenvalue weighted by atomic mass is 10.2. The lowest BCUT2D eigenvalue weighted by molar-refractivity contribution is -0.136. The first-order chi connectivity index (χ1) is 10.9. The predicted molar refractivity (Wildman–Crippen MR) is 91.1 cm³/mol. The van der Waals surface area contributed by atoms with Gasteiger partial charge in [0.1, 0.15) is 11.5 Å². The van der Waals surface area contributed by atoms with E-state index in [4.69, 9.17) is 14.6 Å². The third kappa shape index (κ3) is 4.80. The average molecular weight is 444 g/mol. The summed E-state index contributed by atoms with van der Waals surface area (Å²) in [6.45, 7) is 1.60. The molecule has 0 bridgehead atoms. The maximum atomic E-state index is 11.8.